The highest BCUT2D eigenvalue weighted by molar-refractivity contribution is 9.10. The summed E-state index contributed by atoms with van der Waals surface area (Å²) in [5, 5.41) is 0. The van der Waals surface area contributed by atoms with Crippen LogP contribution in [0.2, 0.25) is 0 Å². The molecule has 74 valence electrons. The van der Waals surface area contributed by atoms with E-state index < -0.39 is 6.09 Å². The largest absolute Gasteiger partial charge is 0.410 e. The van der Waals surface area contributed by atoms with Gasteiger partial charge in [-0.3, -0.25) is 0 Å². The molecule has 14 heavy (non-hydrogen) atoms. The molecule has 1 aliphatic rings. The fourth-order valence-electron chi connectivity index (χ4n) is 1.41. The van der Waals surface area contributed by atoms with Crippen LogP contribution in [0, 0.1) is 0 Å². The first-order valence-electron chi connectivity index (χ1n) is 4.43. The zero-order valence-corrected chi connectivity index (χ0v) is 9.08. The van der Waals surface area contributed by atoms with Crippen molar-refractivity contribution < 1.29 is 9.53 Å². The van der Waals surface area contributed by atoms with Gasteiger partial charge in [0.15, 0.2) is 0 Å². The molecule has 1 saturated carbocycles. The van der Waals surface area contributed by atoms with Crippen molar-refractivity contribution in [1.82, 2.24) is 0 Å². The Morgan fingerprint density at radius 2 is 2.21 bits per heavy atom. The molecule has 0 atom stereocenters. The van der Waals surface area contributed by atoms with E-state index in [2.05, 4.69) is 15.9 Å². The van der Waals surface area contributed by atoms with E-state index in [1.165, 1.54) is 18.4 Å². The van der Waals surface area contributed by atoms with E-state index in [1.807, 2.05) is 12.1 Å². The Labute approximate surface area is 90.4 Å². The monoisotopic (exact) mass is 255 g/mol. The molecule has 0 bridgehead atoms. The molecule has 0 aliphatic heterocycles. The Balaban J connectivity index is 2.26. The Morgan fingerprint density at radius 1 is 1.50 bits per heavy atom. The maximum atomic E-state index is 10.5. The fraction of sp³-hybridized carbons (Fsp3) is 0.300. The number of benzene rings is 1. The van der Waals surface area contributed by atoms with Gasteiger partial charge in [-0.25, -0.2) is 4.79 Å². The lowest BCUT2D eigenvalue weighted by Gasteiger charge is -2.05. The smallest absolute Gasteiger partial charge is 0.409 e. The molecular formula is C10H10BrNO2. The highest BCUT2D eigenvalue weighted by Gasteiger charge is 2.26. The lowest BCUT2D eigenvalue weighted by atomic mass is 10.1. The quantitative estimate of drug-likeness (QED) is 0.884. The second kappa shape index (κ2) is 3.61. The van der Waals surface area contributed by atoms with Gasteiger partial charge in [0.2, 0.25) is 0 Å². The zero-order valence-electron chi connectivity index (χ0n) is 7.50. The Bertz CT molecular complexity index is 374. The van der Waals surface area contributed by atoms with Crippen molar-refractivity contribution in [3.63, 3.8) is 0 Å². The fourth-order valence-corrected chi connectivity index (χ4v) is 1.98. The number of halogens is 1. The number of carbonyl (C=O) groups is 1. The summed E-state index contributed by atoms with van der Waals surface area (Å²) in [6, 6.07) is 5.47. The molecular weight excluding hydrogens is 246 g/mol. The van der Waals surface area contributed by atoms with Crippen LogP contribution < -0.4 is 10.5 Å². The van der Waals surface area contributed by atoms with Crippen LogP contribution in [-0.4, -0.2) is 6.09 Å². The molecule has 1 aromatic rings. The van der Waals surface area contributed by atoms with Gasteiger partial charge in [-0.15, -0.1) is 0 Å². The number of primary amides is 1. The third-order valence-electron chi connectivity index (χ3n) is 2.20. The SMILES string of the molecule is NC(=O)Oc1ccc(Br)c(C2CC2)c1. The van der Waals surface area contributed by atoms with Gasteiger partial charge in [-0.1, -0.05) is 15.9 Å². The van der Waals surface area contributed by atoms with Crippen molar-refractivity contribution in [2.45, 2.75) is 18.8 Å². The minimum absolute atomic E-state index is 0.516. The number of amides is 1. The summed E-state index contributed by atoms with van der Waals surface area (Å²) in [6.07, 6.45) is 1.64. The number of rotatable bonds is 2. The van der Waals surface area contributed by atoms with Crippen LogP contribution in [-0.2, 0) is 0 Å². The van der Waals surface area contributed by atoms with Gasteiger partial charge >= 0.3 is 6.09 Å². The molecule has 2 rings (SSSR count). The number of hydrogen-bond donors (Lipinski definition) is 1. The molecule has 3 nitrogen and oxygen atoms in total. The first-order valence-corrected chi connectivity index (χ1v) is 5.23. The van der Waals surface area contributed by atoms with Crippen LogP contribution in [0.1, 0.15) is 24.3 Å². The third kappa shape index (κ3) is 2.07. The number of nitrogens with two attached hydrogens (primary N) is 1. The van der Waals surface area contributed by atoms with E-state index in [-0.39, 0.29) is 0 Å². The van der Waals surface area contributed by atoms with Crippen LogP contribution in [0.4, 0.5) is 4.79 Å². The maximum Gasteiger partial charge on any atom is 0.409 e. The minimum Gasteiger partial charge on any atom is -0.410 e. The van der Waals surface area contributed by atoms with E-state index in [0.29, 0.717) is 11.7 Å². The summed E-state index contributed by atoms with van der Waals surface area (Å²) >= 11 is 3.47. The summed E-state index contributed by atoms with van der Waals surface area (Å²) in [6.45, 7) is 0. The molecule has 1 aliphatic carbocycles. The maximum absolute atomic E-state index is 10.5. The Kier molecular flexibility index (Phi) is 2.46. The van der Waals surface area contributed by atoms with Gasteiger partial charge in [-0.05, 0) is 42.5 Å². The molecule has 0 radical (unpaired) electrons. The average Bonchev–Trinajstić information content (AvgIpc) is 2.90. The topological polar surface area (TPSA) is 52.3 Å². The predicted molar refractivity (Wildman–Crippen MR) is 56.3 cm³/mol. The first kappa shape index (κ1) is 9.52. The molecule has 0 heterocycles. The molecule has 0 spiro atoms. The van der Waals surface area contributed by atoms with Crippen molar-refractivity contribution >= 4 is 22.0 Å². The number of hydrogen-bond acceptors (Lipinski definition) is 2. The highest BCUT2D eigenvalue weighted by Crippen LogP contribution is 2.44. The van der Waals surface area contributed by atoms with Gasteiger partial charge in [0.05, 0.1) is 0 Å². The van der Waals surface area contributed by atoms with E-state index in [1.54, 1.807) is 6.07 Å². The van der Waals surface area contributed by atoms with Crippen molar-refractivity contribution in [3.05, 3.63) is 28.2 Å². The average molecular weight is 256 g/mol. The lowest BCUT2D eigenvalue weighted by molar-refractivity contribution is 0.211. The zero-order chi connectivity index (χ0) is 10.1. The van der Waals surface area contributed by atoms with Crippen molar-refractivity contribution in [2.75, 3.05) is 0 Å². The lowest BCUT2D eigenvalue weighted by Crippen LogP contribution is -2.16. The van der Waals surface area contributed by atoms with Crippen molar-refractivity contribution in [3.8, 4) is 5.75 Å². The molecule has 0 saturated heterocycles. The first-order chi connectivity index (χ1) is 6.66. The molecule has 1 fully saturated rings. The molecule has 1 amide bonds. The number of ether oxygens (including phenoxy) is 1. The molecule has 0 unspecified atom stereocenters. The van der Waals surface area contributed by atoms with Crippen molar-refractivity contribution in [2.24, 2.45) is 5.73 Å². The van der Waals surface area contributed by atoms with Gasteiger partial charge in [-0.2, -0.15) is 0 Å². The summed E-state index contributed by atoms with van der Waals surface area (Å²) in [4.78, 5) is 10.5. The molecule has 2 N–H and O–H groups in total. The normalized spacial score (nSPS) is 15.2. The van der Waals surface area contributed by atoms with Crippen LogP contribution in [0.25, 0.3) is 0 Å². The summed E-state index contributed by atoms with van der Waals surface area (Å²) in [5.41, 5.74) is 6.13. The van der Waals surface area contributed by atoms with Gasteiger partial charge < -0.3 is 10.5 Å². The second-order valence-corrected chi connectivity index (χ2v) is 4.23. The van der Waals surface area contributed by atoms with E-state index in [9.17, 15) is 4.79 Å². The second-order valence-electron chi connectivity index (χ2n) is 3.38. The van der Waals surface area contributed by atoms with E-state index in [4.69, 9.17) is 10.5 Å². The molecule has 1 aromatic carbocycles. The highest BCUT2D eigenvalue weighted by atomic mass is 79.9. The van der Waals surface area contributed by atoms with E-state index in [0.717, 1.165) is 4.47 Å². The van der Waals surface area contributed by atoms with E-state index >= 15 is 0 Å². The van der Waals surface area contributed by atoms with Gasteiger partial charge in [0.1, 0.15) is 5.75 Å². The summed E-state index contributed by atoms with van der Waals surface area (Å²) in [5.74, 6) is 1.13. The number of carbonyl (C=O) groups excluding carboxylic acids is 1. The van der Waals surface area contributed by atoms with Crippen LogP contribution in [0.3, 0.4) is 0 Å². The van der Waals surface area contributed by atoms with Crippen LogP contribution in [0.15, 0.2) is 22.7 Å². The van der Waals surface area contributed by atoms with Crippen LogP contribution in [0.5, 0.6) is 5.75 Å². The summed E-state index contributed by atoms with van der Waals surface area (Å²) < 4.78 is 5.87. The Hall–Kier alpha value is -1.03. The van der Waals surface area contributed by atoms with Gasteiger partial charge in [0, 0.05) is 4.47 Å². The Morgan fingerprint density at radius 3 is 2.79 bits per heavy atom. The molecule has 0 aromatic heterocycles. The van der Waals surface area contributed by atoms with Crippen LogP contribution >= 0.6 is 15.9 Å². The summed E-state index contributed by atoms with van der Waals surface area (Å²) in [7, 11) is 0. The minimum atomic E-state index is -0.769. The van der Waals surface area contributed by atoms with Gasteiger partial charge in [0.25, 0.3) is 0 Å². The predicted octanol–water partition coefficient (Wildman–Crippen LogP) is 2.78. The molecule has 4 heteroatoms. The van der Waals surface area contributed by atoms with Crippen molar-refractivity contribution in [1.29, 1.82) is 0 Å². The third-order valence-corrected chi connectivity index (χ3v) is 2.93. The standard InChI is InChI=1S/C10H10BrNO2/c11-9-4-3-7(14-10(12)13)5-8(9)6-1-2-6/h3-6H,1-2H2,(H2,12,13).